The maximum Gasteiger partial charge on any atom is 0.336 e. The Hall–Kier alpha value is -0.750. The van der Waals surface area contributed by atoms with Crippen LogP contribution in [0.25, 0.3) is 0 Å². The van der Waals surface area contributed by atoms with Crippen LogP contribution in [-0.4, -0.2) is 40.8 Å². The maximum absolute atomic E-state index is 11.7. The van der Waals surface area contributed by atoms with Gasteiger partial charge in [-0.05, 0) is 12.3 Å². The van der Waals surface area contributed by atoms with Gasteiger partial charge in [0.15, 0.2) is 4.87 Å². The van der Waals surface area contributed by atoms with Crippen molar-refractivity contribution in [2.45, 2.75) is 31.2 Å². The van der Waals surface area contributed by atoms with Gasteiger partial charge >= 0.3 is 11.9 Å². The highest BCUT2D eigenvalue weighted by Crippen LogP contribution is 2.37. The third-order valence-electron chi connectivity index (χ3n) is 2.41. The van der Waals surface area contributed by atoms with Crippen molar-refractivity contribution in [3.05, 3.63) is 0 Å². The molecule has 0 aliphatic carbocycles. The molecule has 0 radical (unpaired) electrons. The number of thioether (sulfide) groups is 1. The molecule has 5 nitrogen and oxygen atoms in total. The summed E-state index contributed by atoms with van der Waals surface area (Å²) in [5, 5.41) is 11.8. The summed E-state index contributed by atoms with van der Waals surface area (Å²) < 4.78 is 4.75. The van der Waals surface area contributed by atoms with Gasteiger partial charge in [0.1, 0.15) is 6.04 Å². The molecular formula is C10H17NO4S. The number of esters is 1. The van der Waals surface area contributed by atoms with Gasteiger partial charge < -0.3 is 9.84 Å². The molecule has 0 aromatic heterocycles. The van der Waals surface area contributed by atoms with E-state index in [1.165, 1.54) is 18.9 Å². The molecule has 92 valence electrons. The van der Waals surface area contributed by atoms with Crippen molar-refractivity contribution < 1.29 is 19.4 Å². The van der Waals surface area contributed by atoms with E-state index in [0.29, 0.717) is 12.2 Å². The zero-order valence-electron chi connectivity index (χ0n) is 9.65. The monoisotopic (exact) mass is 247 g/mol. The number of hydrogen-bond acceptors (Lipinski definition) is 5. The largest absolute Gasteiger partial charge is 0.480 e. The lowest BCUT2D eigenvalue weighted by atomic mass is 10.0. The Morgan fingerprint density at radius 1 is 1.62 bits per heavy atom. The SMILES string of the molecule is COC(=O)C1(CC(C)C)N[C@H](C(=O)O)CS1. The minimum Gasteiger partial charge on any atom is -0.480 e. The standard InChI is InChI=1S/C10H17NO4S/c1-6(2)4-10(9(14)15-3)11-7(5-16-10)8(12)13/h6-7,11H,4-5H2,1-3H3,(H,12,13)/t7-,10?/m0/s1. The predicted molar refractivity (Wildman–Crippen MR) is 61.2 cm³/mol. The highest BCUT2D eigenvalue weighted by atomic mass is 32.2. The number of carbonyl (C=O) groups excluding carboxylic acids is 1. The Labute approximate surface area is 98.9 Å². The van der Waals surface area contributed by atoms with Gasteiger partial charge in [-0.25, -0.2) is 4.79 Å². The van der Waals surface area contributed by atoms with Crippen molar-refractivity contribution in [1.82, 2.24) is 5.32 Å². The minimum absolute atomic E-state index is 0.284. The smallest absolute Gasteiger partial charge is 0.336 e. The summed E-state index contributed by atoms with van der Waals surface area (Å²) in [7, 11) is 1.32. The van der Waals surface area contributed by atoms with Crippen molar-refractivity contribution in [3.63, 3.8) is 0 Å². The Balaban J connectivity index is 2.82. The van der Waals surface area contributed by atoms with Crippen LogP contribution in [0.3, 0.4) is 0 Å². The molecule has 0 amide bonds. The molecule has 1 saturated heterocycles. The highest BCUT2D eigenvalue weighted by Gasteiger charge is 2.49. The van der Waals surface area contributed by atoms with E-state index in [-0.39, 0.29) is 5.92 Å². The van der Waals surface area contributed by atoms with Crippen molar-refractivity contribution in [1.29, 1.82) is 0 Å². The molecule has 6 heteroatoms. The number of nitrogens with one attached hydrogen (secondary N) is 1. The van der Waals surface area contributed by atoms with Crippen molar-refractivity contribution in [2.75, 3.05) is 12.9 Å². The number of carboxylic acids is 1. The van der Waals surface area contributed by atoms with E-state index in [2.05, 4.69) is 5.32 Å². The molecular weight excluding hydrogens is 230 g/mol. The lowest BCUT2D eigenvalue weighted by Gasteiger charge is -2.27. The lowest BCUT2D eigenvalue weighted by Crippen LogP contribution is -2.51. The second kappa shape index (κ2) is 5.05. The molecule has 0 spiro atoms. The summed E-state index contributed by atoms with van der Waals surface area (Å²) in [6, 6.07) is -0.678. The Morgan fingerprint density at radius 2 is 2.25 bits per heavy atom. The number of ether oxygens (including phenoxy) is 1. The molecule has 2 atom stereocenters. The van der Waals surface area contributed by atoms with Gasteiger partial charge in [0, 0.05) is 5.75 Å². The fourth-order valence-electron chi connectivity index (χ4n) is 1.78. The molecule has 0 aromatic carbocycles. The molecule has 1 fully saturated rings. The van der Waals surface area contributed by atoms with Gasteiger partial charge in [-0.3, -0.25) is 10.1 Å². The van der Waals surface area contributed by atoms with E-state index in [4.69, 9.17) is 9.84 Å². The Morgan fingerprint density at radius 3 is 2.62 bits per heavy atom. The third kappa shape index (κ3) is 2.68. The van der Waals surface area contributed by atoms with Crippen molar-refractivity contribution in [3.8, 4) is 0 Å². The molecule has 0 aromatic rings. The summed E-state index contributed by atoms with van der Waals surface area (Å²) in [5.74, 6) is -0.652. The predicted octanol–water partition coefficient (Wildman–Crippen LogP) is 0.691. The second-order valence-electron chi connectivity index (χ2n) is 4.26. The lowest BCUT2D eigenvalue weighted by molar-refractivity contribution is -0.146. The van der Waals surface area contributed by atoms with Crippen LogP contribution in [-0.2, 0) is 14.3 Å². The molecule has 0 saturated carbocycles. The number of aliphatic carboxylic acids is 1. The molecule has 1 heterocycles. The fraction of sp³-hybridized carbons (Fsp3) is 0.800. The summed E-state index contributed by atoms with van der Waals surface area (Å²) in [5.41, 5.74) is 0. The Bertz CT molecular complexity index is 295. The van der Waals surface area contributed by atoms with Crippen LogP contribution in [0.5, 0.6) is 0 Å². The molecule has 16 heavy (non-hydrogen) atoms. The van der Waals surface area contributed by atoms with Gasteiger partial charge in [-0.15, -0.1) is 11.8 Å². The number of hydrogen-bond donors (Lipinski definition) is 2. The van der Waals surface area contributed by atoms with Gasteiger partial charge in [0.05, 0.1) is 7.11 Å². The normalized spacial score (nSPS) is 29.4. The number of carboxylic acid groups (broad SMARTS) is 1. The van der Waals surface area contributed by atoms with Crippen LogP contribution in [0, 0.1) is 5.92 Å². The van der Waals surface area contributed by atoms with Crippen LogP contribution in [0.2, 0.25) is 0 Å². The first kappa shape index (κ1) is 13.3. The van der Waals surface area contributed by atoms with E-state index < -0.39 is 22.9 Å². The maximum atomic E-state index is 11.7. The van der Waals surface area contributed by atoms with Crippen LogP contribution in [0.15, 0.2) is 0 Å². The summed E-state index contributed by atoms with van der Waals surface area (Å²) in [6.07, 6.45) is 0.564. The Kier molecular flexibility index (Phi) is 4.21. The van der Waals surface area contributed by atoms with Gasteiger partial charge in [0.2, 0.25) is 0 Å². The average Bonchev–Trinajstić information content (AvgIpc) is 2.61. The molecule has 2 N–H and O–H groups in total. The highest BCUT2D eigenvalue weighted by molar-refractivity contribution is 8.01. The van der Waals surface area contributed by atoms with Crippen LogP contribution < -0.4 is 5.32 Å². The molecule has 1 rings (SSSR count). The zero-order valence-corrected chi connectivity index (χ0v) is 10.5. The summed E-state index contributed by atoms with van der Waals surface area (Å²) in [4.78, 5) is 21.7. The molecule has 1 unspecified atom stereocenters. The summed E-state index contributed by atoms with van der Waals surface area (Å²) in [6.45, 7) is 3.97. The number of rotatable bonds is 4. The van der Waals surface area contributed by atoms with Gasteiger partial charge in [0.25, 0.3) is 0 Å². The second-order valence-corrected chi connectivity index (χ2v) is 5.58. The topological polar surface area (TPSA) is 75.6 Å². The fourth-order valence-corrected chi connectivity index (χ4v) is 3.34. The average molecular weight is 247 g/mol. The first-order chi connectivity index (χ1) is 7.41. The zero-order chi connectivity index (χ0) is 12.3. The van der Waals surface area contributed by atoms with E-state index in [9.17, 15) is 9.59 Å². The van der Waals surface area contributed by atoms with Crippen LogP contribution >= 0.6 is 11.8 Å². The molecule has 1 aliphatic heterocycles. The first-order valence-corrected chi connectivity index (χ1v) is 6.12. The minimum atomic E-state index is -0.929. The number of methoxy groups -OCH3 is 1. The third-order valence-corrected chi connectivity index (χ3v) is 3.86. The molecule has 1 aliphatic rings. The first-order valence-electron chi connectivity index (χ1n) is 5.14. The van der Waals surface area contributed by atoms with E-state index in [1.807, 2.05) is 13.8 Å². The summed E-state index contributed by atoms with van der Waals surface area (Å²) >= 11 is 1.32. The van der Waals surface area contributed by atoms with Gasteiger partial charge in [-0.2, -0.15) is 0 Å². The van der Waals surface area contributed by atoms with Crippen LogP contribution in [0.1, 0.15) is 20.3 Å². The van der Waals surface area contributed by atoms with Crippen molar-refractivity contribution >= 4 is 23.7 Å². The van der Waals surface area contributed by atoms with Crippen LogP contribution in [0.4, 0.5) is 0 Å². The van der Waals surface area contributed by atoms with Crippen molar-refractivity contribution in [2.24, 2.45) is 5.92 Å². The molecule has 0 bridgehead atoms. The van der Waals surface area contributed by atoms with E-state index in [0.717, 1.165) is 0 Å². The quantitative estimate of drug-likeness (QED) is 0.712. The van der Waals surface area contributed by atoms with Gasteiger partial charge in [-0.1, -0.05) is 13.8 Å². The number of carbonyl (C=O) groups is 2. The van der Waals surface area contributed by atoms with E-state index >= 15 is 0 Å². The van der Waals surface area contributed by atoms with E-state index in [1.54, 1.807) is 0 Å².